The van der Waals surface area contributed by atoms with Gasteiger partial charge in [-0.1, -0.05) is 0 Å². The van der Waals surface area contributed by atoms with Gasteiger partial charge in [0.05, 0.1) is 16.6 Å². The van der Waals surface area contributed by atoms with E-state index < -0.39 is 11.7 Å². The van der Waals surface area contributed by atoms with Crippen LogP contribution in [0.4, 0.5) is 19.1 Å². The molecule has 0 aliphatic heterocycles. The summed E-state index contributed by atoms with van der Waals surface area (Å²) in [5, 5.41) is 2.41. The first-order chi connectivity index (χ1) is 8.82. The van der Waals surface area contributed by atoms with Crippen LogP contribution in [0.1, 0.15) is 5.56 Å². The Morgan fingerprint density at radius 3 is 2.74 bits per heavy atom. The predicted octanol–water partition coefficient (Wildman–Crippen LogP) is 1.38. The molecule has 0 atom stereocenters. The molecule has 0 radical (unpaired) electrons. The minimum absolute atomic E-state index is 0.00192. The summed E-state index contributed by atoms with van der Waals surface area (Å²) >= 11 is 0. The number of carbonyl (C=O) groups excluding carboxylic acids is 1. The topological polar surface area (TPSA) is 72.9 Å². The Kier molecular flexibility index (Phi) is 3.09. The molecule has 1 heterocycles. The molecule has 2 rings (SSSR count). The Hall–Kier alpha value is -2.25. The van der Waals surface area contributed by atoms with Crippen molar-refractivity contribution in [2.75, 3.05) is 12.8 Å². The number of carbonyl (C=O) groups is 1. The Balaban J connectivity index is 2.51. The molecule has 0 bridgehead atoms. The molecule has 0 spiro atoms. The van der Waals surface area contributed by atoms with E-state index in [4.69, 9.17) is 5.73 Å². The van der Waals surface area contributed by atoms with Gasteiger partial charge in [0.15, 0.2) is 0 Å². The van der Waals surface area contributed by atoms with Crippen molar-refractivity contribution in [1.29, 1.82) is 0 Å². The molecule has 0 aliphatic carbocycles. The van der Waals surface area contributed by atoms with Gasteiger partial charge >= 0.3 is 6.18 Å². The second-order valence-electron chi connectivity index (χ2n) is 3.93. The van der Waals surface area contributed by atoms with Gasteiger partial charge in [0.1, 0.15) is 6.54 Å². The second kappa shape index (κ2) is 4.45. The third-order valence-electron chi connectivity index (χ3n) is 2.69. The summed E-state index contributed by atoms with van der Waals surface area (Å²) in [7, 11) is 1.46. The van der Waals surface area contributed by atoms with Gasteiger partial charge in [0.25, 0.3) is 0 Å². The number of nitrogens with one attached hydrogen (secondary N) is 1. The van der Waals surface area contributed by atoms with Crippen LogP contribution in [-0.2, 0) is 17.5 Å². The number of nitrogen functional groups attached to an aromatic ring is 1. The lowest BCUT2D eigenvalue weighted by Gasteiger charge is -2.07. The smallest absolute Gasteiger partial charge is 0.369 e. The summed E-state index contributed by atoms with van der Waals surface area (Å²) in [5.41, 5.74) is 5.30. The van der Waals surface area contributed by atoms with Crippen LogP contribution in [0.3, 0.4) is 0 Å². The van der Waals surface area contributed by atoms with Gasteiger partial charge in [-0.25, -0.2) is 4.98 Å². The normalized spacial score (nSPS) is 11.8. The lowest BCUT2D eigenvalue weighted by Crippen LogP contribution is -2.24. The average molecular weight is 272 g/mol. The lowest BCUT2D eigenvalue weighted by atomic mass is 10.2. The Bertz CT molecular complexity index is 633. The van der Waals surface area contributed by atoms with Crippen molar-refractivity contribution in [3.63, 3.8) is 0 Å². The minimum atomic E-state index is -4.44. The molecule has 0 fully saturated rings. The first kappa shape index (κ1) is 13.2. The van der Waals surface area contributed by atoms with Crippen molar-refractivity contribution in [3.05, 3.63) is 23.8 Å². The predicted molar refractivity (Wildman–Crippen MR) is 63.2 cm³/mol. The number of benzene rings is 1. The largest absolute Gasteiger partial charge is 0.416 e. The SMILES string of the molecule is CNC(=O)Cn1c(N)nc2cc(C(F)(F)F)ccc21. The van der Waals surface area contributed by atoms with E-state index in [0.717, 1.165) is 12.1 Å². The van der Waals surface area contributed by atoms with Crippen LogP contribution in [0, 0.1) is 0 Å². The van der Waals surface area contributed by atoms with Crippen LogP contribution in [0.15, 0.2) is 18.2 Å². The van der Waals surface area contributed by atoms with Crippen LogP contribution < -0.4 is 11.1 Å². The van der Waals surface area contributed by atoms with E-state index in [1.807, 2.05) is 0 Å². The van der Waals surface area contributed by atoms with Crippen molar-refractivity contribution < 1.29 is 18.0 Å². The molecular formula is C11H11F3N4O. The molecule has 1 aromatic carbocycles. The van der Waals surface area contributed by atoms with E-state index in [1.54, 1.807) is 0 Å². The third-order valence-corrected chi connectivity index (χ3v) is 2.69. The number of likely N-dealkylation sites (N-methyl/N-ethyl adjacent to an activating group) is 1. The quantitative estimate of drug-likeness (QED) is 0.867. The monoisotopic (exact) mass is 272 g/mol. The van der Waals surface area contributed by atoms with Gasteiger partial charge in [-0.05, 0) is 18.2 Å². The molecule has 3 N–H and O–H groups in total. The maximum atomic E-state index is 12.6. The summed E-state index contributed by atoms with van der Waals surface area (Å²) in [6.45, 7) is -0.0931. The van der Waals surface area contributed by atoms with Gasteiger partial charge in [-0.3, -0.25) is 4.79 Å². The molecule has 0 saturated carbocycles. The number of imidazole rings is 1. The highest BCUT2D eigenvalue weighted by Gasteiger charge is 2.31. The molecule has 102 valence electrons. The summed E-state index contributed by atoms with van der Waals surface area (Å²) in [5.74, 6) is -0.316. The zero-order valence-electron chi connectivity index (χ0n) is 9.95. The standard InChI is InChI=1S/C11H11F3N4O/c1-16-9(19)5-18-8-3-2-6(11(12,13)14)4-7(8)17-10(18)15/h2-4H,5H2,1H3,(H2,15,17)(H,16,19). The molecule has 0 saturated heterocycles. The highest BCUT2D eigenvalue weighted by molar-refractivity contribution is 5.83. The first-order valence-corrected chi connectivity index (χ1v) is 5.36. The third kappa shape index (κ3) is 2.47. The van der Waals surface area contributed by atoms with E-state index in [9.17, 15) is 18.0 Å². The number of hydrogen-bond acceptors (Lipinski definition) is 3. The van der Waals surface area contributed by atoms with Crippen LogP contribution >= 0.6 is 0 Å². The number of alkyl halides is 3. The molecule has 19 heavy (non-hydrogen) atoms. The van der Waals surface area contributed by atoms with Gasteiger partial charge in [0, 0.05) is 7.05 Å². The number of amides is 1. The summed E-state index contributed by atoms with van der Waals surface area (Å²) in [4.78, 5) is 15.1. The molecule has 0 aliphatic rings. The summed E-state index contributed by atoms with van der Waals surface area (Å²) in [6, 6.07) is 3.10. The number of halogens is 3. The van der Waals surface area contributed by atoms with E-state index in [-0.39, 0.29) is 23.9 Å². The number of nitrogens with zero attached hydrogens (tertiary/aromatic N) is 2. The van der Waals surface area contributed by atoms with Crippen LogP contribution in [0.5, 0.6) is 0 Å². The van der Waals surface area contributed by atoms with E-state index in [2.05, 4.69) is 10.3 Å². The highest BCUT2D eigenvalue weighted by Crippen LogP contribution is 2.31. The van der Waals surface area contributed by atoms with Crippen molar-refractivity contribution in [2.45, 2.75) is 12.7 Å². The number of fused-ring (bicyclic) bond motifs is 1. The fourth-order valence-corrected chi connectivity index (χ4v) is 1.71. The molecule has 8 heteroatoms. The Morgan fingerprint density at radius 1 is 1.47 bits per heavy atom. The maximum Gasteiger partial charge on any atom is 0.416 e. The fourth-order valence-electron chi connectivity index (χ4n) is 1.71. The zero-order valence-corrected chi connectivity index (χ0v) is 9.95. The molecule has 2 aromatic rings. The van der Waals surface area contributed by atoms with Crippen molar-refractivity contribution in [1.82, 2.24) is 14.9 Å². The van der Waals surface area contributed by atoms with Crippen LogP contribution in [0.2, 0.25) is 0 Å². The number of nitrogens with two attached hydrogens (primary N) is 1. The number of rotatable bonds is 2. The Labute approximate surface area is 106 Å². The summed E-state index contributed by atoms with van der Waals surface area (Å²) in [6.07, 6.45) is -4.44. The van der Waals surface area contributed by atoms with Gasteiger partial charge in [-0.15, -0.1) is 0 Å². The van der Waals surface area contributed by atoms with E-state index in [1.165, 1.54) is 17.7 Å². The molecular weight excluding hydrogens is 261 g/mol. The zero-order chi connectivity index (χ0) is 14.2. The summed E-state index contributed by atoms with van der Waals surface area (Å²) < 4.78 is 39.0. The first-order valence-electron chi connectivity index (χ1n) is 5.36. The average Bonchev–Trinajstić information content (AvgIpc) is 2.64. The van der Waals surface area contributed by atoms with Crippen molar-refractivity contribution >= 4 is 22.9 Å². The number of hydrogen-bond donors (Lipinski definition) is 2. The molecule has 1 amide bonds. The maximum absolute atomic E-state index is 12.6. The van der Waals surface area contributed by atoms with Crippen molar-refractivity contribution in [3.8, 4) is 0 Å². The van der Waals surface area contributed by atoms with Crippen LogP contribution in [-0.4, -0.2) is 22.5 Å². The number of anilines is 1. The Morgan fingerprint density at radius 2 is 2.16 bits per heavy atom. The van der Waals surface area contributed by atoms with E-state index >= 15 is 0 Å². The van der Waals surface area contributed by atoms with Gasteiger partial charge in [0.2, 0.25) is 11.9 Å². The van der Waals surface area contributed by atoms with Crippen LogP contribution in [0.25, 0.3) is 11.0 Å². The minimum Gasteiger partial charge on any atom is -0.369 e. The van der Waals surface area contributed by atoms with Gasteiger partial charge in [-0.2, -0.15) is 13.2 Å². The highest BCUT2D eigenvalue weighted by atomic mass is 19.4. The number of aromatic nitrogens is 2. The second-order valence-corrected chi connectivity index (χ2v) is 3.93. The van der Waals surface area contributed by atoms with E-state index in [0.29, 0.717) is 5.52 Å². The lowest BCUT2D eigenvalue weighted by molar-refractivity contribution is -0.137. The molecule has 5 nitrogen and oxygen atoms in total. The van der Waals surface area contributed by atoms with Crippen molar-refractivity contribution in [2.24, 2.45) is 0 Å². The molecule has 1 aromatic heterocycles. The fraction of sp³-hybridized carbons (Fsp3) is 0.273. The molecule has 0 unspecified atom stereocenters. The van der Waals surface area contributed by atoms with Gasteiger partial charge < -0.3 is 15.6 Å².